The minimum absolute atomic E-state index is 0.452. The lowest BCUT2D eigenvalue weighted by atomic mass is 9.81. The molecule has 1 aliphatic carbocycles. The molecule has 0 amide bonds. The number of rotatable bonds is 4. The average molecular weight is 351 g/mol. The number of benzene rings is 1. The zero-order chi connectivity index (χ0) is 17.2. The van der Waals surface area contributed by atoms with Gasteiger partial charge in [-0.25, -0.2) is 8.42 Å². The van der Waals surface area contributed by atoms with Crippen LogP contribution in [0.4, 0.5) is 0 Å². The SMILES string of the molecule is CS(=O)(=O)c1ccc2c(c1)CCN(C[C@@H]1CCC[C@H](CN)C1)CC2. The fraction of sp³-hybridized carbons (Fsp3) is 0.684. The molecule has 0 unspecified atom stereocenters. The van der Waals surface area contributed by atoms with Gasteiger partial charge in [0.25, 0.3) is 0 Å². The van der Waals surface area contributed by atoms with Gasteiger partial charge in [-0.1, -0.05) is 12.5 Å². The first kappa shape index (κ1) is 17.9. The third-order valence-corrected chi connectivity index (χ3v) is 6.85. The number of nitrogens with two attached hydrogens (primary N) is 1. The molecule has 4 nitrogen and oxygen atoms in total. The van der Waals surface area contributed by atoms with E-state index in [9.17, 15) is 8.42 Å². The van der Waals surface area contributed by atoms with E-state index in [4.69, 9.17) is 5.73 Å². The molecule has 1 saturated carbocycles. The maximum Gasteiger partial charge on any atom is 0.175 e. The van der Waals surface area contributed by atoms with Crippen LogP contribution in [0.1, 0.15) is 36.8 Å². The summed E-state index contributed by atoms with van der Waals surface area (Å²) in [7, 11) is -3.12. The van der Waals surface area contributed by atoms with E-state index in [1.165, 1.54) is 49.6 Å². The molecule has 1 aliphatic heterocycles. The molecule has 5 heteroatoms. The first-order chi connectivity index (χ1) is 11.5. The summed E-state index contributed by atoms with van der Waals surface area (Å²) in [6.45, 7) is 4.11. The van der Waals surface area contributed by atoms with Crippen LogP contribution >= 0.6 is 0 Å². The van der Waals surface area contributed by atoms with Gasteiger partial charge in [0.15, 0.2) is 9.84 Å². The van der Waals surface area contributed by atoms with Crippen LogP contribution in [0.3, 0.4) is 0 Å². The third-order valence-electron chi connectivity index (χ3n) is 5.74. The molecule has 0 bridgehead atoms. The van der Waals surface area contributed by atoms with Gasteiger partial charge in [-0.05, 0) is 73.7 Å². The Balaban J connectivity index is 1.63. The zero-order valence-corrected chi connectivity index (χ0v) is 15.5. The summed E-state index contributed by atoms with van der Waals surface area (Å²) >= 11 is 0. The van der Waals surface area contributed by atoms with Crippen molar-refractivity contribution in [2.75, 3.05) is 32.4 Å². The third kappa shape index (κ3) is 4.38. The maximum atomic E-state index is 11.8. The van der Waals surface area contributed by atoms with Gasteiger partial charge >= 0.3 is 0 Å². The van der Waals surface area contributed by atoms with Gasteiger partial charge < -0.3 is 10.6 Å². The highest BCUT2D eigenvalue weighted by molar-refractivity contribution is 7.90. The van der Waals surface area contributed by atoms with E-state index >= 15 is 0 Å². The Bertz CT molecular complexity index is 672. The Morgan fingerprint density at radius 3 is 2.54 bits per heavy atom. The smallest absolute Gasteiger partial charge is 0.175 e. The van der Waals surface area contributed by atoms with Gasteiger partial charge in [0.1, 0.15) is 0 Å². The average Bonchev–Trinajstić information content (AvgIpc) is 2.76. The van der Waals surface area contributed by atoms with Gasteiger partial charge in [-0.3, -0.25) is 0 Å². The summed E-state index contributed by atoms with van der Waals surface area (Å²) in [6, 6.07) is 5.66. The van der Waals surface area contributed by atoms with E-state index in [0.29, 0.717) is 10.8 Å². The first-order valence-corrected chi connectivity index (χ1v) is 11.1. The van der Waals surface area contributed by atoms with Crippen molar-refractivity contribution in [2.24, 2.45) is 17.6 Å². The molecular formula is C19H30N2O2S. The maximum absolute atomic E-state index is 11.8. The predicted molar refractivity (Wildman–Crippen MR) is 97.9 cm³/mol. The highest BCUT2D eigenvalue weighted by Crippen LogP contribution is 2.29. The molecule has 1 aromatic carbocycles. The van der Waals surface area contributed by atoms with Crippen molar-refractivity contribution in [1.82, 2.24) is 4.90 Å². The normalized spacial score (nSPS) is 25.9. The van der Waals surface area contributed by atoms with Gasteiger partial charge in [-0.15, -0.1) is 0 Å². The number of hydrogen-bond donors (Lipinski definition) is 1. The molecular weight excluding hydrogens is 320 g/mol. The zero-order valence-electron chi connectivity index (χ0n) is 14.7. The van der Waals surface area contributed by atoms with Crippen molar-refractivity contribution in [2.45, 2.75) is 43.4 Å². The van der Waals surface area contributed by atoms with Crippen LogP contribution in [0, 0.1) is 11.8 Å². The summed E-state index contributed by atoms with van der Waals surface area (Å²) in [4.78, 5) is 3.02. The van der Waals surface area contributed by atoms with Crippen molar-refractivity contribution < 1.29 is 8.42 Å². The van der Waals surface area contributed by atoms with Crippen LogP contribution in [-0.4, -0.2) is 45.8 Å². The fourth-order valence-electron chi connectivity index (χ4n) is 4.31. The van der Waals surface area contributed by atoms with Crippen LogP contribution in [0.5, 0.6) is 0 Å². The van der Waals surface area contributed by atoms with Crippen LogP contribution in [0.15, 0.2) is 23.1 Å². The van der Waals surface area contributed by atoms with E-state index < -0.39 is 9.84 Å². The summed E-state index contributed by atoms with van der Waals surface area (Å²) in [6.07, 6.45) is 8.48. The molecule has 1 heterocycles. The predicted octanol–water partition coefficient (Wildman–Crippen LogP) is 2.26. The van der Waals surface area contributed by atoms with Crippen LogP contribution in [-0.2, 0) is 22.7 Å². The van der Waals surface area contributed by atoms with Crippen LogP contribution in [0.2, 0.25) is 0 Å². The summed E-state index contributed by atoms with van der Waals surface area (Å²) in [5.74, 6) is 1.49. The van der Waals surface area contributed by atoms with E-state index in [-0.39, 0.29) is 0 Å². The molecule has 1 fully saturated rings. The summed E-state index contributed by atoms with van der Waals surface area (Å²) in [5.41, 5.74) is 8.39. The molecule has 134 valence electrons. The monoisotopic (exact) mass is 350 g/mol. The first-order valence-electron chi connectivity index (χ1n) is 9.20. The molecule has 0 radical (unpaired) electrons. The summed E-state index contributed by atoms with van der Waals surface area (Å²) in [5, 5.41) is 0. The Labute approximate surface area is 146 Å². The number of fused-ring (bicyclic) bond motifs is 1. The Hall–Kier alpha value is -0.910. The van der Waals surface area contributed by atoms with Crippen LogP contribution < -0.4 is 5.73 Å². The number of nitrogens with zero attached hydrogens (tertiary/aromatic N) is 1. The highest BCUT2D eigenvalue weighted by atomic mass is 32.2. The molecule has 3 rings (SSSR count). The lowest BCUT2D eigenvalue weighted by molar-refractivity contribution is 0.181. The molecule has 24 heavy (non-hydrogen) atoms. The molecule has 1 aromatic rings. The Morgan fingerprint density at radius 2 is 1.83 bits per heavy atom. The number of hydrogen-bond acceptors (Lipinski definition) is 4. The second-order valence-corrected chi connectivity index (χ2v) is 9.65. The van der Waals surface area contributed by atoms with E-state index in [1.807, 2.05) is 12.1 Å². The van der Waals surface area contributed by atoms with E-state index in [2.05, 4.69) is 4.90 Å². The minimum atomic E-state index is -3.12. The quantitative estimate of drug-likeness (QED) is 0.905. The molecule has 0 spiro atoms. The highest BCUT2D eigenvalue weighted by Gasteiger charge is 2.24. The van der Waals surface area contributed by atoms with Crippen molar-refractivity contribution in [3.63, 3.8) is 0 Å². The second kappa shape index (κ2) is 7.54. The molecule has 0 aromatic heterocycles. The molecule has 2 aliphatic rings. The molecule has 0 saturated heterocycles. The summed E-state index contributed by atoms with van der Waals surface area (Å²) < 4.78 is 23.5. The van der Waals surface area contributed by atoms with Gasteiger partial charge in [0.2, 0.25) is 0 Å². The fourth-order valence-corrected chi connectivity index (χ4v) is 4.98. The lowest BCUT2D eigenvalue weighted by Gasteiger charge is -2.32. The van der Waals surface area contributed by atoms with Crippen molar-refractivity contribution in [1.29, 1.82) is 0 Å². The lowest BCUT2D eigenvalue weighted by Crippen LogP contribution is -2.35. The van der Waals surface area contributed by atoms with Gasteiger partial charge in [0, 0.05) is 25.9 Å². The number of sulfone groups is 1. The second-order valence-electron chi connectivity index (χ2n) is 7.64. The molecule has 2 N–H and O–H groups in total. The topological polar surface area (TPSA) is 63.4 Å². The van der Waals surface area contributed by atoms with E-state index in [1.54, 1.807) is 6.07 Å². The van der Waals surface area contributed by atoms with E-state index in [0.717, 1.165) is 38.4 Å². The van der Waals surface area contributed by atoms with Crippen molar-refractivity contribution >= 4 is 9.84 Å². The van der Waals surface area contributed by atoms with Gasteiger partial charge in [-0.2, -0.15) is 0 Å². The Kier molecular flexibility index (Phi) is 5.63. The van der Waals surface area contributed by atoms with Crippen molar-refractivity contribution in [3.05, 3.63) is 29.3 Å². The van der Waals surface area contributed by atoms with Gasteiger partial charge in [0.05, 0.1) is 4.90 Å². The van der Waals surface area contributed by atoms with Crippen LogP contribution in [0.25, 0.3) is 0 Å². The minimum Gasteiger partial charge on any atom is -0.330 e. The Morgan fingerprint density at radius 1 is 1.12 bits per heavy atom. The standard InChI is InChI=1S/C19H30N2O2S/c1-24(22,23)19-6-5-17-7-9-21(10-8-18(17)12-19)14-16-4-2-3-15(11-16)13-20/h5-6,12,15-16H,2-4,7-11,13-14,20H2,1H3/t15-,16+/m0/s1. The molecule has 2 atom stereocenters. The van der Waals surface area contributed by atoms with Crippen molar-refractivity contribution in [3.8, 4) is 0 Å². The largest absolute Gasteiger partial charge is 0.330 e.